The summed E-state index contributed by atoms with van der Waals surface area (Å²) in [6.07, 6.45) is -5.91. The van der Waals surface area contributed by atoms with E-state index in [9.17, 15) is 26.7 Å². The number of halogens is 5. The summed E-state index contributed by atoms with van der Waals surface area (Å²) in [5.41, 5.74) is -0.473. The quantitative estimate of drug-likeness (QED) is 0.846. The number of aromatic nitrogens is 2. The SMILES string of the molecule is CCC(C(=O)NCC(F)F)n1nc(C(F)(F)F)c2c1CCC2. The van der Waals surface area contributed by atoms with Crippen LogP contribution in [0.3, 0.4) is 0 Å². The lowest BCUT2D eigenvalue weighted by Crippen LogP contribution is -2.36. The molecule has 1 heterocycles. The zero-order valence-electron chi connectivity index (χ0n) is 11.9. The zero-order valence-corrected chi connectivity index (χ0v) is 11.9. The second-order valence-electron chi connectivity index (χ2n) is 5.13. The van der Waals surface area contributed by atoms with Crippen molar-refractivity contribution >= 4 is 5.91 Å². The monoisotopic (exact) mass is 325 g/mol. The van der Waals surface area contributed by atoms with Gasteiger partial charge in [0.15, 0.2) is 5.69 Å². The number of hydrogen-bond acceptors (Lipinski definition) is 2. The van der Waals surface area contributed by atoms with E-state index < -0.39 is 36.8 Å². The molecule has 1 aliphatic carbocycles. The van der Waals surface area contributed by atoms with Crippen molar-refractivity contribution in [3.8, 4) is 0 Å². The van der Waals surface area contributed by atoms with E-state index in [1.807, 2.05) is 5.32 Å². The molecular weight excluding hydrogens is 309 g/mol. The van der Waals surface area contributed by atoms with E-state index in [2.05, 4.69) is 5.10 Å². The molecule has 9 heteroatoms. The summed E-state index contributed by atoms with van der Waals surface area (Å²) >= 11 is 0. The fourth-order valence-corrected chi connectivity index (χ4v) is 2.71. The van der Waals surface area contributed by atoms with Crippen molar-refractivity contribution in [2.24, 2.45) is 0 Å². The molecule has 0 spiro atoms. The van der Waals surface area contributed by atoms with Gasteiger partial charge in [0.2, 0.25) is 5.91 Å². The zero-order chi connectivity index (χ0) is 16.5. The third-order valence-electron chi connectivity index (χ3n) is 3.64. The largest absolute Gasteiger partial charge is 0.435 e. The number of fused-ring (bicyclic) bond motifs is 1. The topological polar surface area (TPSA) is 46.9 Å². The molecule has 1 unspecified atom stereocenters. The summed E-state index contributed by atoms with van der Waals surface area (Å²) in [6, 6.07) is -1.01. The van der Waals surface area contributed by atoms with Gasteiger partial charge in [-0.05, 0) is 25.7 Å². The van der Waals surface area contributed by atoms with Crippen LogP contribution >= 0.6 is 0 Å². The standard InChI is InChI=1S/C13H16F5N3O/c1-2-8(12(22)19-6-10(14)15)21-9-5-3-4-7(9)11(20-21)13(16,17)18/h8,10H,2-6H2,1H3,(H,19,22). The molecule has 2 rings (SSSR count). The van der Waals surface area contributed by atoms with Crippen molar-refractivity contribution in [2.45, 2.75) is 51.3 Å². The second kappa shape index (κ2) is 6.21. The molecule has 0 fully saturated rings. The molecule has 124 valence electrons. The molecule has 1 atom stereocenters. The fourth-order valence-electron chi connectivity index (χ4n) is 2.71. The Morgan fingerprint density at radius 2 is 2.05 bits per heavy atom. The molecule has 1 aromatic rings. The van der Waals surface area contributed by atoms with Gasteiger partial charge in [-0.25, -0.2) is 8.78 Å². The minimum absolute atomic E-state index is 0.118. The maximum absolute atomic E-state index is 13.0. The minimum atomic E-state index is -4.59. The van der Waals surface area contributed by atoms with Gasteiger partial charge in [-0.1, -0.05) is 6.92 Å². The highest BCUT2D eigenvalue weighted by molar-refractivity contribution is 5.80. The number of carbonyl (C=O) groups is 1. The molecule has 1 N–H and O–H groups in total. The summed E-state index contributed by atoms with van der Waals surface area (Å²) in [5, 5.41) is 5.61. The Bertz CT molecular complexity index is 553. The van der Waals surface area contributed by atoms with Crippen molar-refractivity contribution in [1.29, 1.82) is 0 Å². The van der Waals surface area contributed by atoms with Gasteiger partial charge >= 0.3 is 6.18 Å². The van der Waals surface area contributed by atoms with Crippen molar-refractivity contribution < 1.29 is 26.7 Å². The maximum atomic E-state index is 13.0. The predicted molar refractivity (Wildman–Crippen MR) is 67.6 cm³/mol. The van der Waals surface area contributed by atoms with Gasteiger partial charge in [0, 0.05) is 11.3 Å². The number of rotatable bonds is 5. The maximum Gasteiger partial charge on any atom is 0.435 e. The van der Waals surface area contributed by atoms with E-state index >= 15 is 0 Å². The first-order valence-electron chi connectivity index (χ1n) is 6.99. The number of nitrogens with zero attached hydrogens (tertiary/aromatic N) is 2. The lowest BCUT2D eigenvalue weighted by molar-refractivity contribution is -0.142. The van der Waals surface area contributed by atoms with Crippen LogP contribution in [0.2, 0.25) is 0 Å². The Balaban J connectivity index is 2.32. The highest BCUT2D eigenvalue weighted by Crippen LogP contribution is 2.37. The van der Waals surface area contributed by atoms with Gasteiger partial charge in [-0.15, -0.1) is 0 Å². The molecule has 4 nitrogen and oxygen atoms in total. The summed E-state index contributed by atoms with van der Waals surface area (Å²) in [6.45, 7) is 0.772. The molecule has 0 aromatic carbocycles. The molecule has 0 radical (unpaired) electrons. The van der Waals surface area contributed by atoms with Crippen molar-refractivity contribution in [2.75, 3.05) is 6.54 Å². The van der Waals surface area contributed by atoms with Crippen LogP contribution in [0.25, 0.3) is 0 Å². The van der Waals surface area contributed by atoms with E-state index in [1.165, 1.54) is 0 Å². The number of alkyl halides is 5. The molecule has 1 aliphatic rings. The predicted octanol–water partition coefficient (Wildman–Crippen LogP) is 2.72. The first kappa shape index (κ1) is 16.7. The van der Waals surface area contributed by atoms with Crippen LogP contribution in [0, 0.1) is 0 Å². The summed E-state index contributed by atoms with van der Waals surface area (Å²) < 4.78 is 64.4. The highest BCUT2D eigenvalue weighted by atomic mass is 19.4. The minimum Gasteiger partial charge on any atom is -0.349 e. The smallest absolute Gasteiger partial charge is 0.349 e. The van der Waals surface area contributed by atoms with Crippen LogP contribution in [-0.4, -0.2) is 28.7 Å². The number of amides is 1. The Kier molecular flexibility index (Phi) is 4.72. The van der Waals surface area contributed by atoms with Crippen molar-refractivity contribution in [3.05, 3.63) is 17.0 Å². The number of hydrogen-bond donors (Lipinski definition) is 1. The van der Waals surface area contributed by atoms with Crippen LogP contribution in [0.5, 0.6) is 0 Å². The van der Waals surface area contributed by atoms with Gasteiger partial charge in [0.05, 0.1) is 6.54 Å². The lowest BCUT2D eigenvalue weighted by Gasteiger charge is -2.17. The molecule has 1 aromatic heterocycles. The Hall–Kier alpha value is -1.67. The first-order valence-corrected chi connectivity index (χ1v) is 6.99. The second-order valence-corrected chi connectivity index (χ2v) is 5.13. The molecule has 22 heavy (non-hydrogen) atoms. The van der Waals surface area contributed by atoms with Crippen molar-refractivity contribution in [1.82, 2.24) is 15.1 Å². The highest BCUT2D eigenvalue weighted by Gasteiger charge is 2.41. The molecule has 1 amide bonds. The Morgan fingerprint density at radius 1 is 1.36 bits per heavy atom. The number of nitrogens with one attached hydrogen (secondary N) is 1. The van der Waals surface area contributed by atoms with Gasteiger partial charge in [-0.3, -0.25) is 9.48 Å². The third-order valence-corrected chi connectivity index (χ3v) is 3.64. The summed E-state index contributed by atoms with van der Waals surface area (Å²) in [7, 11) is 0. The average molecular weight is 325 g/mol. The van der Waals surface area contributed by atoms with Crippen LogP contribution in [-0.2, 0) is 23.8 Å². The van der Waals surface area contributed by atoms with E-state index in [4.69, 9.17) is 0 Å². The average Bonchev–Trinajstić information content (AvgIpc) is 2.99. The molecule has 0 saturated carbocycles. The normalized spacial score (nSPS) is 16.0. The van der Waals surface area contributed by atoms with Crippen LogP contribution < -0.4 is 5.32 Å². The van der Waals surface area contributed by atoms with E-state index in [1.54, 1.807) is 6.92 Å². The van der Waals surface area contributed by atoms with Crippen molar-refractivity contribution in [3.63, 3.8) is 0 Å². The van der Waals surface area contributed by atoms with E-state index in [-0.39, 0.29) is 18.4 Å². The Morgan fingerprint density at radius 3 is 2.59 bits per heavy atom. The lowest BCUT2D eigenvalue weighted by atomic mass is 10.1. The van der Waals surface area contributed by atoms with Gasteiger partial charge < -0.3 is 5.32 Å². The third kappa shape index (κ3) is 3.22. The number of carbonyl (C=O) groups excluding carboxylic acids is 1. The van der Waals surface area contributed by atoms with Crippen LogP contribution in [0.4, 0.5) is 22.0 Å². The molecule has 0 aliphatic heterocycles. The van der Waals surface area contributed by atoms with E-state index in [0.29, 0.717) is 18.5 Å². The Labute approximate surface area is 123 Å². The summed E-state index contributed by atoms with van der Waals surface area (Å²) in [5.74, 6) is -0.742. The fraction of sp³-hybridized carbons (Fsp3) is 0.692. The first-order chi connectivity index (χ1) is 10.3. The summed E-state index contributed by atoms with van der Waals surface area (Å²) in [4.78, 5) is 12.0. The van der Waals surface area contributed by atoms with E-state index in [0.717, 1.165) is 4.68 Å². The molecule has 0 saturated heterocycles. The molecular formula is C13H16F5N3O. The van der Waals surface area contributed by atoms with Gasteiger partial charge in [0.25, 0.3) is 6.43 Å². The van der Waals surface area contributed by atoms with Crippen LogP contribution in [0.1, 0.15) is 42.8 Å². The van der Waals surface area contributed by atoms with Gasteiger partial charge in [-0.2, -0.15) is 18.3 Å². The van der Waals surface area contributed by atoms with Gasteiger partial charge in [0.1, 0.15) is 6.04 Å². The van der Waals surface area contributed by atoms with Crippen LogP contribution in [0.15, 0.2) is 0 Å². The molecule has 0 bridgehead atoms.